The molecule has 0 aliphatic carbocycles. The molecule has 0 radical (unpaired) electrons. The van der Waals surface area contributed by atoms with Gasteiger partial charge in [0, 0.05) is 7.11 Å². The minimum absolute atomic E-state index is 0.0962. The van der Waals surface area contributed by atoms with E-state index in [1.54, 1.807) is 7.11 Å². The molecule has 0 aromatic rings. The number of nitrogens with two attached hydrogens (primary N) is 1. The molecule has 6 heteroatoms. The third kappa shape index (κ3) is 6.38. The van der Waals surface area contributed by atoms with Crippen LogP contribution in [0.4, 0.5) is 0 Å². The van der Waals surface area contributed by atoms with E-state index in [0.29, 0.717) is 13.2 Å². The molecule has 0 aliphatic rings. The number of nitrogens with one attached hydrogen (secondary N) is 1. The van der Waals surface area contributed by atoms with Gasteiger partial charge in [-0.25, -0.2) is 0 Å². The zero-order valence-electron chi connectivity index (χ0n) is 8.41. The number of ether oxygens (including phenoxy) is 2. The summed E-state index contributed by atoms with van der Waals surface area (Å²) in [6.07, 6.45) is 0. The van der Waals surface area contributed by atoms with Crippen LogP contribution in [0.2, 0.25) is 0 Å². The average Bonchev–Trinajstić information content (AvgIpc) is 2.12. The van der Waals surface area contributed by atoms with Gasteiger partial charge < -0.3 is 20.5 Å². The van der Waals surface area contributed by atoms with Crippen molar-refractivity contribution in [2.45, 2.75) is 13.0 Å². The lowest BCUT2D eigenvalue weighted by molar-refractivity contribution is -0.130. The highest BCUT2D eigenvalue weighted by molar-refractivity contribution is 5.86. The first-order valence-electron chi connectivity index (χ1n) is 4.23. The topological polar surface area (TPSA) is 90.7 Å². The van der Waals surface area contributed by atoms with Crippen LogP contribution in [0.15, 0.2) is 0 Å². The van der Waals surface area contributed by atoms with E-state index in [0.717, 1.165) is 0 Å². The van der Waals surface area contributed by atoms with Gasteiger partial charge in [-0.1, -0.05) is 0 Å². The lowest BCUT2D eigenvalue weighted by Crippen LogP contribution is -2.43. The van der Waals surface area contributed by atoms with Crippen molar-refractivity contribution in [3.8, 4) is 0 Å². The number of methoxy groups -OCH3 is 1. The number of rotatable bonds is 7. The smallest absolute Gasteiger partial charge is 0.246 e. The first-order valence-corrected chi connectivity index (χ1v) is 4.23. The van der Waals surface area contributed by atoms with Crippen molar-refractivity contribution >= 4 is 11.8 Å². The summed E-state index contributed by atoms with van der Waals surface area (Å²) < 4.78 is 9.64. The van der Waals surface area contributed by atoms with Crippen LogP contribution in [0.1, 0.15) is 6.92 Å². The normalized spacial score (nSPS) is 12.1. The molecule has 0 aromatic heterocycles. The van der Waals surface area contributed by atoms with Crippen LogP contribution in [0.3, 0.4) is 0 Å². The molecule has 0 heterocycles. The zero-order chi connectivity index (χ0) is 11.0. The van der Waals surface area contributed by atoms with Crippen molar-refractivity contribution in [1.29, 1.82) is 0 Å². The van der Waals surface area contributed by atoms with Crippen LogP contribution < -0.4 is 11.1 Å². The van der Waals surface area contributed by atoms with Crippen LogP contribution in [0.5, 0.6) is 0 Å². The van der Waals surface area contributed by atoms with Crippen molar-refractivity contribution in [1.82, 2.24) is 5.32 Å². The highest BCUT2D eigenvalue weighted by Gasteiger charge is 2.11. The van der Waals surface area contributed by atoms with Gasteiger partial charge in [-0.2, -0.15) is 0 Å². The van der Waals surface area contributed by atoms with E-state index in [4.69, 9.17) is 15.2 Å². The van der Waals surface area contributed by atoms with E-state index < -0.39 is 11.9 Å². The molecule has 6 nitrogen and oxygen atoms in total. The largest absolute Gasteiger partial charge is 0.382 e. The second-order valence-electron chi connectivity index (χ2n) is 2.74. The monoisotopic (exact) mass is 204 g/mol. The van der Waals surface area contributed by atoms with Gasteiger partial charge in [0.05, 0.1) is 13.2 Å². The predicted octanol–water partition coefficient (Wildman–Crippen LogP) is -1.36. The zero-order valence-corrected chi connectivity index (χ0v) is 8.41. The number of primary amides is 1. The van der Waals surface area contributed by atoms with Crippen molar-refractivity contribution < 1.29 is 19.1 Å². The maximum absolute atomic E-state index is 11.0. The average molecular weight is 204 g/mol. The Hall–Kier alpha value is -1.14. The molecule has 0 spiro atoms. The highest BCUT2D eigenvalue weighted by atomic mass is 16.5. The molecular weight excluding hydrogens is 188 g/mol. The lowest BCUT2D eigenvalue weighted by atomic mass is 10.3. The van der Waals surface area contributed by atoms with Crippen LogP contribution in [-0.2, 0) is 19.1 Å². The van der Waals surface area contributed by atoms with Crippen LogP contribution in [0.25, 0.3) is 0 Å². The molecular formula is C8H16N2O4. The molecule has 82 valence electrons. The second kappa shape index (κ2) is 7.28. The Kier molecular flexibility index (Phi) is 6.69. The summed E-state index contributed by atoms with van der Waals surface area (Å²) in [5.41, 5.74) is 4.95. The molecule has 3 N–H and O–H groups in total. The Morgan fingerprint density at radius 1 is 1.43 bits per heavy atom. The van der Waals surface area contributed by atoms with Crippen LogP contribution in [0, 0.1) is 0 Å². The molecule has 0 saturated heterocycles. The summed E-state index contributed by atoms with van der Waals surface area (Å²) in [5, 5.41) is 2.38. The molecule has 1 atom stereocenters. The van der Waals surface area contributed by atoms with E-state index in [-0.39, 0.29) is 12.5 Å². The fraction of sp³-hybridized carbons (Fsp3) is 0.750. The Balaban J connectivity index is 3.50. The fourth-order valence-electron chi connectivity index (χ4n) is 0.661. The number of carbonyl (C=O) groups is 2. The fourth-order valence-corrected chi connectivity index (χ4v) is 0.661. The van der Waals surface area contributed by atoms with E-state index in [1.807, 2.05) is 0 Å². The molecule has 0 unspecified atom stereocenters. The van der Waals surface area contributed by atoms with E-state index >= 15 is 0 Å². The number of hydrogen-bond acceptors (Lipinski definition) is 4. The Labute approximate surface area is 82.7 Å². The molecule has 0 saturated carbocycles. The maximum atomic E-state index is 11.0. The maximum Gasteiger partial charge on any atom is 0.246 e. The van der Waals surface area contributed by atoms with Crippen molar-refractivity contribution in [2.75, 3.05) is 26.9 Å². The number of amides is 2. The Morgan fingerprint density at radius 3 is 2.57 bits per heavy atom. The van der Waals surface area contributed by atoms with Crippen molar-refractivity contribution in [3.63, 3.8) is 0 Å². The number of carbonyl (C=O) groups excluding carboxylic acids is 2. The molecule has 2 amide bonds. The highest BCUT2D eigenvalue weighted by Crippen LogP contribution is 1.81. The summed E-state index contributed by atoms with van der Waals surface area (Å²) in [5.74, 6) is -0.942. The van der Waals surface area contributed by atoms with Gasteiger partial charge in [0.15, 0.2) is 0 Å². The quantitative estimate of drug-likeness (QED) is 0.501. The van der Waals surface area contributed by atoms with Crippen LogP contribution >= 0.6 is 0 Å². The van der Waals surface area contributed by atoms with Gasteiger partial charge in [0.25, 0.3) is 0 Å². The standard InChI is InChI=1S/C8H16N2O4/c1-6(8(9)12)10-7(11)5-14-4-3-13-2/h6H,3-5H2,1-2H3,(H2,9,12)(H,10,11)/t6-/m0/s1. The summed E-state index contributed by atoms with van der Waals surface area (Å²) in [7, 11) is 1.54. The molecule has 0 bridgehead atoms. The first-order chi connectivity index (χ1) is 6.57. The van der Waals surface area contributed by atoms with E-state index in [1.165, 1.54) is 6.92 Å². The summed E-state index contributed by atoms with van der Waals surface area (Å²) in [6.45, 7) is 2.18. The minimum atomic E-state index is -0.673. The summed E-state index contributed by atoms with van der Waals surface area (Å²) >= 11 is 0. The number of hydrogen-bond donors (Lipinski definition) is 2. The van der Waals surface area contributed by atoms with E-state index in [9.17, 15) is 9.59 Å². The molecule has 0 rings (SSSR count). The molecule has 0 aromatic carbocycles. The van der Waals surface area contributed by atoms with Gasteiger partial charge in [-0.3, -0.25) is 9.59 Å². The molecule has 0 aliphatic heterocycles. The lowest BCUT2D eigenvalue weighted by Gasteiger charge is -2.09. The minimum Gasteiger partial charge on any atom is -0.382 e. The van der Waals surface area contributed by atoms with Crippen LogP contribution in [-0.4, -0.2) is 44.8 Å². The van der Waals surface area contributed by atoms with Gasteiger partial charge in [0.1, 0.15) is 12.6 Å². The van der Waals surface area contributed by atoms with Crippen molar-refractivity contribution in [2.24, 2.45) is 5.73 Å². The summed E-state index contributed by atoms with van der Waals surface area (Å²) in [4.78, 5) is 21.6. The van der Waals surface area contributed by atoms with Gasteiger partial charge in [-0.05, 0) is 6.92 Å². The predicted molar refractivity (Wildman–Crippen MR) is 49.5 cm³/mol. The van der Waals surface area contributed by atoms with Gasteiger partial charge in [-0.15, -0.1) is 0 Å². The molecule has 14 heavy (non-hydrogen) atoms. The Bertz CT molecular complexity index is 196. The van der Waals surface area contributed by atoms with E-state index in [2.05, 4.69) is 5.32 Å². The third-order valence-corrected chi connectivity index (χ3v) is 1.47. The Morgan fingerprint density at radius 2 is 2.07 bits per heavy atom. The van der Waals surface area contributed by atoms with Crippen molar-refractivity contribution in [3.05, 3.63) is 0 Å². The molecule has 0 fully saturated rings. The second-order valence-corrected chi connectivity index (χ2v) is 2.74. The summed E-state index contributed by atoms with van der Waals surface area (Å²) in [6, 6.07) is -0.673. The SMILES string of the molecule is COCCOCC(=O)N[C@@H](C)C(N)=O. The first kappa shape index (κ1) is 12.9. The third-order valence-electron chi connectivity index (χ3n) is 1.47. The van der Waals surface area contributed by atoms with Gasteiger partial charge in [0.2, 0.25) is 11.8 Å². The van der Waals surface area contributed by atoms with Gasteiger partial charge >= 0.3 is 0 Å².